The number of rotatable bonds is 3. The minimum atomic E-state index is -0.0444. The van der Waals surface area contributed by atoms with Gasteiger partial charge in [-0.25, -0.2) is 0 Å². The van der Waals surface area contributed by atoms with Gasteiger partial charge in [-0.1, -0.05) is 35.9 Å². The SMILES string of the molecule is CCOC(=O)C1CC=C(c2cccc(C)c2)CC1. The highest BCUT2D eigenvalue weighted by Crippen LogP contribution is 2.31. The second kappa shape index (κ2) is 5.85. The Morgan fingerprint density at radius 1 is 1.44 bits per heavy atom. The van der Waals surface area contributed by atoms with E-state index in [1.807, 2.05) is 6.92 Å². The van der Waals surface area contributed by atoms with Crippen LogP contribution in [-0.4, -0.2) is 12.6 Å². The van der Waals surface area contributed by atoms with Crippen LogP contribution >= 0.6 is 0 Å². The fourth-order valence-electron chi connectivity index (χ4n) is 2.42. The molecule has 2 heteroatoms. The van der Waals surface area contributed by atoms with Crippen LogP contribution in [0.2, 0.25) is 0 Å². The molecule has 1 aliphatic rings. The van der Waals surface area contributed by atoms with Crippen LogP contribution in [0.3, 0.4) is 0 Å². The first kappa shape index (κ1) is 12.9. The van der Waals surface area contributed by atoms with Crippen molar-refractivity contribution in [3.8, 4) is 0 Å². The van der Waals surface area contributed by atoms with Gasteiger partial charge in [0.2, 0.25) is 0 Å². The lowest BCUT2D eigenvalue weighted by Gasteiger charge is -2.20. The minimum absolute atomic E-state index is 0.0444. The minimum Gasteiger partial charge on any atom is -0.466 e. The summed E-state index contributed by atoms with van der Waals surface area (Å²) in [4.78, 5) is 11.6. The first-order valence-electron chi connectivity index (χ1n) is 6.63. The molecule has 2 nitrogen and oxygen atoms in total. The van der Waals surface area contributed by atoms with Crippen LogP contribution in [-0.2, 0) is 9.53 Å². The summed E-state index contributed by atoms with van der Waals surface area (Å²) in [6.45, 7) is 4.44. The van der Waals surface area contributed by atoms with E-state index in [4.69, 9.17) is 4.74 Å². The van der Waals surface area contributed by atoms with Gasteiger partial charge in [0, 0.05) is 0 Å². The average molecular weight is 244 g/mol. The van der Waals surface area contributed by atoms with Crippen molar-refractivity contribution in [3.05, 3.63) is 41.5 Å². The second-order valence-corrected chi connectivity index (χ2v) is 4.82. The van der Waals surface area contributed by atoms with E-state index in [2.05, 4.69) is 37.3 Å². The monoisotopic (exact) mass is 244 g/mol. The molecule has 18 heavy (non-hydrogen) atoms. The number of carbonyl (C=O) groups is 1. The van der Waals surface area contributed by atoms with E-state index in [-0.39, 0.29) is 11.9 Å². The standard InChI is InChI=1S/C16H20O2/c1-3-18-16(17)14-9-7-13(8-10-14)15-6-4-5-12(2)11-15/h4-7,11,14H,3,8-10H2,1-2H3. The average Bonchev–Trinajstić information content (AvgIpc) is 2.39. The van der Waals surface area contributed by atoms with Crippen LogP contribution in [0, 0.1) is 12.8 Å². The third kappa shape index (κ3) is 3.00. The van der Waals surface area contributed by atoms with Gasteiger partial charge in [-0.05, 0) is 44.2 Å². The Kier molecular flexibility index (Phi) is 4.19. The Labute approximate surface area is 109 Å². The van der Waals surface area contributed by atoms with Gasteiger partial charge < -0.3 is 4.74 Å². The summed E-state index contributed by atoms with van der Waals surface area (Å²) in [6, 6.07) is 8.54. The van der Waals surface area contributed by atoms with Crippen LogP contribution in [0.1, 0.15) is 37.3 Å². The van der Waals surface area contributed by atoms with E-state index >= 15 is 0 Å². The number of hydrogen-bond donors (Lipinski definition) is 0. The molecule has 0 heterocycles. The third-order valence-corrected chi connectivity index (χ3v) is 3.42. The van der Waals surface area contributed by atoms with E-state index < -0.39 is 0 Å². The van der Waals surface area contributed by atoms with Gasteiger partial charge in [-0.3, -0.25) is 4.79 Å². The second-order valence-electron chi connectivity index (χ2n) is 4.82. The van der Waals surface area contributed by atoms with Crippen molar-refractivity contribution in [3.63, 3.8) is 0 Å². The normalized spacial score (nSPS) is 19.2. The molecule has 1 atom stereocenters. The highest BCUT2D eigenvalue weighted by molar-refractivity contribution is 5.75. The van der Waals surface area contributed by atoms with Crippen molar-refractivity contribution < 1.29 is 9.53 Å². The molecule has 0 saturated heterocycles. The maximum Gasteiger partial charge on any atom is 0.309 e. The summed E-state index contributed by atoms with van der Waals surface area (Å²) in [5, 5.41) is 0. The molecular weight excluding hydrogens is 224 g/mol. The third-order valence-electron chi connectivity index (χ3n) is 3.42. The van der Waals surface area contributed by atoms with Gasteiger partial charge in [0.25, 0.3) is 0 Å². The summed E-state index contributed by atoms with van der Waals surface area (Å²) < 4.78 is 5.07. The zero-order valence-electron chi connectivity index (χ0n) is 11.1. The molecule has 96 valence electrons. The van der Waals surface area contributed by atoms with Crippen molar-refractivity contribution in [1.29, 1.82) is 0 Å². The van der Waals surface area contributed by atoms with Gasteiger partial charge in [0.1, 0.15) is 0 Å². The molecule has 0 bridgehead atoms. The molecule has 1 aromatic carbocycles. The van der Waals surface area contributed by atoms with Crippen LogP contribution < -0.4 is 0 Å². The number of allylic oxidation sites excluding steroid dienone is 2. The molecule has 0 radical (unpaired) electrons. The van der Waals surface area contributed by atoms with Gasteiger partial charge >= 0.3 is 5.97 Å². The topological polar surface area (TPSA) is 26.3 Å². The Morgan fingerprint density at radius 3 is 2.89 bits per heavy atom. The first-order chi connectivity index (χ1) is 8.70. The number of aryl methyl sites for hydroxylation is 1. The zero-order valence-corrected chi connectivity index (χ0v) is 11.1. The molecule has 0 aliphatic heterocycles. The Bertz CT molecular complexity index is 460. The van der Waals surface area contributed by atoms with Gasteiger partial charge in [-0.2, -0.15) is 0 Å². The lowest BCUT2D eigenvalue weighted by molar-refractivity contribution is -0.148. The molecule has 0 N–H and O–H groups in total. The molecule has 0 amide bonds. The number of carbonyl (C=O) groups excluding carboxylic acids is 1. The van der Waals surface area contributed by atoms with E-state index in [0.717, 1.165) is 19.3 Å². The first-order valence-corrected chi connectivity index (χ1v) is 6.63. The van der Waals surface area contributed by atoms with Gasteiger partial charge in [-0.15, -0.1) is 0 Å². The van der Waals surface area contributed by atoms with E-state index in [0.29, 0.717) is 6.61 Å². The molecule has 2 rings (SSSR count). The predicted octanol–water partition coefficient (Wildman–Crippen LogP) is 3.74. The van der Waals surface area contributed by atoms with Crippen molar-refractivity contribution in [2.75, 3.05) is 6.61 Å². The number of esters is 1. The van der Waals surface area contributed by atoms with Crippen LogP contribution in [0.25, 0.3) is 5.57 Å². The Hall–Kier alpha value is -1.57. The van der Waals surface area contributed by atoms with Gasteiger partial charge in [0.15, 0.2) is 0 Å². The predicted molar refractivity (Wildman–Crippen MR) is 73.1 cm³/mol. The number of benzene rings is 1. The summed E-state index contributed by atoms with van der Waals surface area (Å²) in [5.74, 6) is 0.00977. The maximum absolute atomic E-state index is 11.6. The smallest absolute Gasteiger partial charge is 0.309 e. The number of hydrogen-bond acceptors (Lipinski definition) is 2. The molecule has 0 fully saturated rings. The van der Waals surface area contributed by atoms with E-state index in [1.54, 1.807) is 0 Å². The summed E-state index contributed by atoms with van der Waals surface area (Å²) >= 11 is 0. The quantitative estimate of drug-likeness (QED) is 0.757. The van der Waals surface area contributed by atoms with Crippen LogP contribution in [0.4, 0.5) is 0 Å². The summed E-state index contributed by atoms with van der Waals surface area (Å²) in [7, 11) is 0. The lowest BCUT2D eigenvalue weighted by atomic mass is 9.86. The highest BCUT2D eigenvalue weighted by Gasteiger charge is 2.22. The van der Waals surface area contributed by atoms with Crippen molar-refractivity contribution in [2.24, 2.45) is 5.92 Å². The Morgan fingerprint density at radius 2 is 2.28 bits per heavy atom. The van der Waals surface area contributed by atoms with Crippen LogP contribution in [0.5, 0.6) is 0 Å². The van der Waals surface area contributed by atoms with Crippen molar-refractivity contribution >= 4 is 11.5 Å². The zero-order chi connectivity index (χ0) is 13.0. The van der Waals surface area contributed by atoms with Crippen molar-refractivity contribution in [2.45, 2.75) is 33.1 Å². The molecular formula is C16H20O2. The molecule has 0 saturated carbocycles. The largest absolute Gasteiger partial charge is 0.466 e. The lowest BCUT2D eigenvalue weighted by Crippen LogP contribution is -2.19. The maximum atomic E-state index is 11.6. The molecule has 1 aliphatic carbocycles. The summed E-state index contributed by atoms with van der Waals surface area (Å²) in [5.41, 5.74) is 3.93. The fourth-order valence-corrected chi connectivity index (χ4v) is 2.42. The molecule has 1 aromatic rings. The van der Waals surface area contributed by atoms with Crippen LogP contribution in [0.15, 0.2) is 30.3 Å². The van der Waals surface area contributed by atoms with E-state index in [9.17, 15) is 4.79 Å². The molecule has 1 unspecified atom stereocenters. The summed E-state index contributed by atoms with van der Waals surface area (Å²) in [6.07, 6.45) is 4.87. The molecule has 0 spiro atoms. The number of ether oxygens (including phenoxy) is 1. The molecule has 0 aromatic heterocycles. The van der Waals surface area contributed by atoms with Gasteiger partial charge in [0.05, 0.1) is 12.5 Å². The van der Waals surface area contributed by atoms with E-state index in [1.165, 1.54) is 16.7 Å². The van der Waals surface area contributed by atoms with Crippen molar-refractivity contribution in [1.82, 2.24) is 0 Å². The highest BCUT2D eigenvalue weighted by atomic mass is 16.5. The fraction of sp³-hybridized carbons (Fsp3) is 0.438. The Balaban J connectivity index is 2.05.